The number of hydrogen-bond donors (Lipinski definition) is 0. The van der Waals surface area contributed by atoms with E-state index in [2.05, 4.69) is 11.1 Å². The molecule has 90 valence electrons. The molecule has 3 nitrogen and oxygen atoms in total. The first kappa shape index (κ1) is 12.3. The third-order valence-electron chi connectivity index (χ3n) is 2.35. The molecule has 1 heterocycles. The molecule has 1 aromatic carbocycles. The molecule has 0 unspecified atom stereocenters. The van der Waals surface area contributed by atoms with Gasteiger partial charge < -0.3 is 4.90 Å². The predicted molar refractivity (Wildman–Crippen MR) is 76.3 cm³/mol. The Bertz CT molecular complexity index is 592. The first-order valence-corrected chi connectivity index (χ1v) is 6.37. The van der Waals surface area contributed by atoms with Gasteiger partial charge in [-0.05, 0) is 29.1 Å². The highest BCUT2D eigenvalue weighted by molar-refractivity contribution is 7.13. The van der Waals surface area contributed by atoms with Crippen LogP contribution in [0.15, 0.2) is 40.7 Å². The molecule has 0 radical (unpaired) electrons. The molecule has 0 aliphatic heterocycles. The third kappa shape index (κ3) is 2.76. The summed E-state index contributed by atoms with van der Waals surface area (Å²) >= 11 is 1.66. The van der Waals surface area contributed by atoms with Crippen LogP contribution in [0.4, 0.5) is 5.69 Å². The van der Waals surface area contributed by atoms with Crippen LogP contribution in [0.3, 0.4) is 0 Å². The molecule has 0 aliphatic rings. The van der Waals surface area contributed by atoms with Gasteiger partial charge in [-0.1, -0.05) is 12.1 Å². The Morgan fingerprint density at radius 1 is 1.33 bits per heavy atom. The molecule has 0 spiro atoms. The molecule has 18 heavy (non-hydrogen) atoms. The standard InChI is InChI=1S/C14H13N3S/c1-17(2)10-16-13-6-5-11(8-12(13)9-15)14-4-3-7-18-14/h3-8,10H,1-2H3. The monoisotopic (exact) mass is 255 g/mol. The lowest BCUT2D eigenvalue weighted by atomic mass is 10.1. The molecule has 2 aromatic rings. The lowest BCUT2D eigenvalue weighted by Crippen LogP contribution is -2.07. The first-order valence-electron chi connectivity index (χ1n) is 5.49. The summed E-state index contributed by atoms with van der Waals surface area (Å²) in [5, 5.41) is 11.2. The molecule has 0 saturated heterocycles. The zero-order chi connectivity index (χ0) is 13.0. The molecule has 0 aliphatic carbocycles. The normalized spacial score (nSPS) is 10.5. The first-order chi connectivity index (χ1) is 8.70. The fourth-order valence-corrected chi connectivity index (χ4v) is 2.24. The molecule has 0 amide bonds. The van der Waals surface area contributed by atoms with Gasteiger partial charge in [0, 0.05) is 19.0 Å². The minimum absolute atomic E-state index is 0.596. The SMILES string of the molecule is CN(C)C=Nc1ccc(-c2cccs2)cc1C#N. The number of rotatable bonds is 3. The summed E-state index contributed by atoms with van der Waals surface area (Å²) in [5.41, 5.74) is 2.36. The lowest BCUT2D eigenvalue weighted by molar-refractivity contribution is 0.643. The van der Waals surface area contributed by atoms with Gasteiger partial charge in [0.15, 0.2) is 0 Å². The van der Waals surface area contributed by atoms with E-state index in [0.29, 0.717) is 11.3 Å². The Labute approximate surface area is 111 Å². The Hall–Kier alpha value is -2.12. The van der Waals surface area contributed by atoms with Crippen LogP contribution in [-0.2, 0) is 0 Å². The summed E-state index contributed by atoms with van der Waals surface area (Å²) in [6, 6.07) is 12.0. The number of nitrogens with zero attached hydrogens (tertiary/aromatic N) is 3. The molecule has 0 fully saturated rings. The summed E-state index contributed by atoms with van der Waals surface area (Å²) in [4.78, 5) is 7.28. The largest absolute Gasteiger partial charge is 0.369 e. The van der Waals surface area contributed by atoms with E-state index in [1.165, 1.54) is 0 Å². The van der Waals surface area contributed by atoms with Gasteiger partial charge in [-0.15, -0.1) is 11.3 Å². The average molecular weight is 255 g/mol. The van der Waals surface area contributed by atoms with E-state index in [1.807, 2.05) is 54.7 Å². The van der Waals surface area contributed by atoms with E-state index in [4.69, 9.17) is 0 Å². The number of aliphatic imine (C=N–C) groups is 1. The fourth-order valence-electron chi connectivity index (χ4n) is 1.51. The van der Waals surface area contributed by atoms with E-state index in [0.717, 1.165) is 10.4 Å². The minimum atomic E-state index is 0.596. The van der Waals surface area contributed by atoms with E-state index < -0.39 is 0 Å². The summed E-state index contributed by atoms with van der Waals surface area (Å²) in [6.45, 7) is 0. The van der Waals surface area contributed by atoms with Crippen LogP contribution in [0.2, 0.25) is 0 Å². The van der Waals surface area contributed by atoms with Gasteiger partial charge >= 0.3 is 0 Å². The van der Waals surface area contributed by atoms with Crippen LogP contribution < -0.4 is 0 Å². The molecule has 4 heteroatoms. The smallest absolute Gasteiger partial charge is 0.101 e. The summed E-state index contributed by atoms with van der Waals surface area (Å²) < 4.78 is 0. The minimum Gasteiger partial charge on any atom is -0.369 e. The molecule has 2 rings (SSSR count). The van der Waals surface area contributed by atoms with Gasteiger partial charge in [-0.2, -0.15) is 5.26 Å². The number of benzene rings is 1. The van der Waals surface area contributed by atoms with Crippen molar-refractivity contribution in [1.82, 2.24) is 4.90 Å². The van der Waals surface area contributed by atoms with Crippen molar-refractivity contribution in [3.63, 3.8) is 0 Å². The molecule has 0 atom stereocenters. The van der Waals surface area contributed by atoms with Crippen molar-refractivity contribution >= 4 is 23.4 Å². The van der Waals surface area contributed by atoms with Crippen molar-refractivity contribution in [3.05, 3.63) is 41.3 Å². The van der Waals surface area contributed by atoms with Crippen LogP contribution in [0.25, 0.3) is 10.4 Å². The van der Waals surface area contributed by atoms with Gasteiger partial charge in [0.25, 0.3) is 0 Å². The summed E-state index contributed by atoms with van der Waals surface area (Å²) in [5.74, 6) is 0. The van der Waals surface area contributed by atoms with E-state index in [-0.39, 0.29) is 0 Å². The van der Waals surface area contributed by atoms with Gasteiger partial charge in [0.2, 0.25) is 0 Å². The molecule has 0 N–H and O–H groups in total. The van der Waals surface area contributed by atoms with Crippen LogP contribution in [-0.4, -0.2) is 25.3 Å². The molecular formula is C14H13N3S. The van der Waals surface area contributed by atoms with Crippen molar-refractivity contribution in [2.45, 2.75) is 0 Å². The number of thiophene rings is 1. The van der Waals surface area contributed by atoms with Gasteiger partial charge in [0.05, 0.1) is 17.6 Å². The second-order valence-corrected chi connectivity index (χ2v) is 4.98. The quantitative estimate of drug-likeness (QED) is 0.622. The molecule has 0 bridgehead atoms. The Morgan fingerprint density at radius 2 is 2.17 bits per heavy atom. The van der Waals surface area contributed by atoms with E-state index in [9.17, 15) is 5.26 Å². The topological polar surface area (TPSA) is 39.4 Å². The maximum Gasteiger partial charge on any atom is 0.101 e. The van der Waals surface area contributed by atoms with E-state index in [1.54, 1.807) is 17.7 Å². The zero-order valence-electron chi connectivity index (χ0n) is 10.3. The van der Waals surface area contributed by atoms with Crippen LogP contribution in [0.5, 0.6) is 0 Å². The Kier molecular flexibility index (Phi) is 3.75. The number of hydrogen-bond acceptors (Lipinski definition) is 3. The van der Waals surface area contributed by atoms with Crippen molar-refractivity contribution in [1.29, 1.82) is 5.26 Å². The summed E-state index contributed by atoms with van der Waals surface area (Å²) in [6.07, 6.45) is 1.70. The maximum absolute atomic E-state index is 9.17. The Balaban J connectivity index is 2.39. The lowest BCUT2D eigenvalue weighted by Gasteiger charge is -2.04. The molecular weight excluding hydrogens is 242 g/mol. The second kappa shape index (κ2) is 5.48. The van der Waals surface area contributed by atoms with Gasteiger partial charge in [-0.3, -0.25) is 0 Å². The van der Waals surface area contributed by atoms with Crippen LogP contribution in [0, 0.1) is 11.3 Å². The zero-order valence-corrected chi connectivity index (χ0v) is 11.1. The van der Waals surface area contributed by atoms with Crippen LogP contribution >= 0.6 is 11.3 Å². The van der Waals surface area contributed by atoms with Crippen molar-refractivity contribution in [2.75, 3.05) is 14.1 Å². The van der Waals surface area contributed by atoms with Gasteiger partial charge in [-0.25, -0.2) is 4.99 Å². The Morgan fingerprint density at radius 3 is 2.78 bits per heavy atom. The van der Waals surface area contributed by atoms with Crippen molar-refractivity contribution in [3.8, 4) is 16.5 Å². The molecule has 0 saturated carbocycles. The van der Waals surface area contributed by atoms with E-state index >= 15 is 0 Å². The highest BCUT2D eigenvalue weighted by Crippen LogP contribution is 2.29. The highest BCUT2D eigenvalue weighted by atomic mass is 32.1. The fraction of sp³-hybridized carbons (Fsp3) is 0.143. The number of nitriles is 1. The van der Waals surface area contributed by atoms with Crippen molar-refractivity contribution in [2.24, 2.45) is 4.99 Å². The van der Waals surface area contributed by atoms with Crippen molar-refractivity contribution < 1.29 is 0 Å². The third-order valence-corrected chi connectivity index (χ3v) is 3.27. The molecule has 1 aromatic heterocycles. The predicted octanol–water partition coefficient (Wildman–Crippen LogP) is 3.51. The summed E-state index contributed by atoms with van der Waals surface area (Å²) in [7, 11) is 3.80. The maximum atomic E-state index is 9.17. The average Bonchev–Trinajstić information content (AvgIpc) is 2.90. The van der Waals surface area contributed by atoms with Crippen LogP contribution in [0.1, 0.15) is 5.56 Å². The van der Waals surface area contributed by atoms with Gasteiger partial charge in [0.1, 0.15) is 6.07 Å². The highest BCUT2D eigenvalue weighted by Gasteiger charge is 2.04. The second-order valence-electron chi connectivity index (χ2n) is 4.03.